The normalized spacial score (nSPS) is 19.6. The number of aryl methyl sites for hydroxylation is 1. The van der Waals surface area contributed by atoms with Gasteiger partial charge in [0.2, 0.25) is 11.8 Å². The van der Waals surface area contributed by atoms with Gasteiger partial charge in [-0.2, -0.15) is 13.2 Å². The van der Waals surface area contributed by atoms with Gasteiger partial charge >= 0.3 is 6.18 Å². The molecule has 0 radical (unpaired) electrons. The third-order valence-corrected chi connectivity index (χ3v) is 5.10. The van der Waals surface area contributed by atoms with Crippen molar-refractivity contribution in [1.29, 1.82) is 0 Å². The quantitative estimate of drug-likeness (QED) is 0.473. The molecule has 4 aromatic rings. The number of pyridine rings is 1. The number of alkyl halides is 3. The van der Waals surface area contributed by atoms with Crippen LogP contribution in [0.25, 0.3) is 17.2 Å². The summed E-state index contributed by atoms with van der Waals surface area (Å²) >= 11 is 0. The van der Waals surface area contributed by atoms with Crippen LogP contribution in [0.1, 0.15) is 30.4 Å². The summed E-state index contributed by atoms with van der Waals surface area (Å²) in [5.41, 5.74) is -0.0488. The van der Waals surface area contributed by atoms with Crippen LogP contribution in [-0.4, -0.2) is 48.7 Å². The van der Waals surface area contributed by atoms with Gasteiger partial charge in [0.25, 0.3) is 0 Å². The molecule has 2 unspecified atom stereocenters. The van der Waals surface area contributed by atoms with Crippen molar-refractivity contribution in [3.63, 3.8) is 0 Å². The highest BCUT2D eigenvalue weighted by molar-refractivity contribution is 5.59. The predicted octanol–water partition coefficient (Wildman–Crippen LogP) is 3.47. The summed E-state index contributed by atoms with van der Waals surface area (Å²) in [6, 6.07) is 4.05. The molecule has 2 atom stereocenters. The fraction of sp³-hybridized carbons (Fsp3) is 0.350. The maximum absolute atomic E-state index is 13.2. The summed E-state index contributed by atoms with van der Waals surface area (Å²) in [6.45, 7) is 4.62. The number of hydrogen-bond donors (Lipinski definition) is 0. The molecule has 0 bridgehead atoms. The number of morpholine rings is 1. The SMILES string of the molecule is Cc1nnc(C2CN(c3ccnc(-c4cnc5ccc(C(F)(F)F)cn45)n3)CC(C)O2)o1. The molecule has 0 saturated carbocycles. The number of nitrogens with zero attached hydrogens (tertiary/aromatic N) is 7. The minimum atomic E-state index is -4.47. The lowest BCUT2D eigenvalue weighted by Gasteiger charge is -2.36. The van der Waals surface area contributed by atoms with Gasteiger partial charge in [0.1, 0.15) is 17.2 Å². The van der Waals surface area contributed by atoms with Crippen molar-refractivity contribution in [3.05, 3.63) is 54.1 Å². The molecule has 166 valence electrons. The highest BCUT2D eigenvalue weighted by Crippen LogP contribution is 2.31. The molecule has 1 aliphatic rings. The fourth-order valence-corrected chi connectivity index (χ4v) is 3.68. The van der Waals surface area contributed by atoms with Crippen molar-refractivity contribution in [3.8, 4) is 11.5 Å². The first-order chi connectivity index (χ1) is 15.3. The van der Waals surface area contributed by atoms with Gasteiger partial charge in [0.05, 0.1) is 24.4 Å². The van der Waals surface area contributed by atoms with E-state index < -0.39 is 17.8 Å². The van der Waals surface area contributed by atoms with Crippen molar-refractivity contribution in [2.45, 2.75) is 32.2 Å². The average Bonchev–Trinajstić information content (AvgIpc) is 3.38. The molecule has 0 spiro atoms. The summed E-state index contributed by atoms with van der Waals surface area (Å²) in [6.07, 6.45) is -1.01. The molecule has 1 saturated heterocycles. The lowest BCUT2D eigenvalue weighted by molar-refractivity contribution is -0.137. The molecule has 9 nitrogen and oxygen atoms in total. The number of anilines is 1. The molecule has 5 heterocycles. The van der Waals surface area contributed by atoms with E-state index in [2.05, 4.69) is 25.1 Å². The van der Waals surface area contributed by atoms with E-state index in [1.807, 2.05) is 11.8 Å². The topological polar surface area (TPSA) is 94.5 Å². The third kappa shape index (κ3) is 3.77. The number of halogens is 3. The predicted molar refractivity (Wildman–Crippen MR) is 106 cm³/mol. The summed E-state index contributed by atoms with van der Waals surface area (Å²) < 4.78 is 52.3. The Labute approximate surface area is 179 Å². The van der Waals surface area contributed by atoms with Crippen LogP contribution in [0.5, 0.6) is 0 Å². The molecule has 0 aliphatic carbocycles. The van der Waals surface area contributed by atoms with E-state index in [-0.39, 0.29) is 11.9 Å². The van der Waals surface area contributed by atoms with Gasteiger partial charge in [-0.15, -0.1) is 10.2 Å². The van der Waals surface area contributed by atoms with Gasteiger partial charge in [-0.25, -0.2) is 15.0 Å². The average molecular weight is 445 g/mol. The molecule has 32 heavy (non-hydrogen) atoms. The van der Waals surface area contributed by atoms with Crippen LogP contribution in [0.4, 0.5) is 19.0 Å². The minimum Gasteiger partial charge on any atom is -0.423 e. The Kier molecular flexibility index (Phi) is 4.81. The number of imidazole rings is 1. The van der Waals surface area contributed by atoms with Crippen molar-refractivity contribution in [2.75, 3.05) is 18.0 Å². The Balaban J connectivity index is 1.48. The van der Waals surface area contributed by atoms with E-state index in [9.17, 15) is 13.2 Å². The molecule has 1 fully saturated rings. The number of fused-ring (bicyclic) bond motifs is 1. The van der Waals surface area contributed by atoms with Crippen LogP contribution in [0.2, 0.25) is 0 Å². The first-order valence-electron chi connectivity index (χ1n) is 9.86. The Bertz CT molecular complexity index is 1270. The molecular weight excluding hydrogens is 427 g/mol. The summed E-state index contributed by atoms with van der Waals surface area (Å²) in [5.74, 6) is 1.70. The molecule has 0 amide bonds. The zero-order valence-corrected chi connectivity index (χ0v) is 17.1. The maximum Gasteiger partial charge on any atom is 0.417 e. The Morgan fingerprint density at radius 2 is 1.94 bits per heavy atom. The van der Waals surface area contributed by atoms with Crippen LogP contribution >= 0.6 is 0 Å². The van der Waals surface area contributed by atoms with Crippen LogP contribution < -0.4 is 4.90 Å². The zero-order valence-electron chi connectivity index (χ0n) is 17.1. The van der Waals surface area contributed by atoms with E-state index in [0.29, 0.717) is 42.0 Å². The molecule has 5 rings (SSSR count). The van der Waals surface area contributed by atoms with E-state index >= 15 is 0 Å². The van der Waals surface area contributed by atoms with Crippen molar-refractivity contribution >= 4 is 11.5 Å². The number of rotatable bonds is 3. The molecule has 0 N–H and O–H groups in total. The number of aromatic nitrogens is 6. The maximum atomic E-state index is 13.2. The number of hydrogen-bond acceptors (Lipinski definition) is 8. The van der Waals surface area contributed by atoms with Crippen molar-refractivity contribution < 1.29 is 22.3 Å². The first-order valence-corrected chi connectivity index (χ1v) is 9.86. The minimum absolute atomic E-state index is 0.135. The summed E-state index contributed by atoms with van der Waals surface area (Å²) in [5, 5.41) is 7.90. The van der Waals surface area contributed by atoms with Crippen LogP contribution in [0.15, 0.2) is 41.2 Å². The second-order valence-corrected chi connectivity index (χ2v) is 7.53. The van der Waals surface area contributed by atoms with E-state index in [1.54, 1.807) is 19.2 Å². The van der Waals surface area contributed by atoms with Crippen LogP contribution in [0, 0.1) is 6.92 Å². The summed E-state index contributed by atoms with van der Waals surface area (Å²) in [7, 11) is 0. The van der Waals surface area contributed by atoms with Gasteiger partial charge < -0.3 is 14.1 Å². The lowest BCUT2D eigenvalue weighted by atomic mass is 10.2. The van der Waals surface area contributed by atoms with Crippen molar-refractivity contribution in [2.24, 2.45) is 0 Å². The van der Waals surface area contributed by atoms with Gasteiger partial charge in [0.15, 0.2) is 11.9 Å². The van der Waals surface area contributed by atoms with Gasteiger partial charge in [0, 0.05) is 25.9 Å². The fourth-order valence-electron chi connectivity index (χ4n) is 3.68. The van der Waals surface area contributed by atoms with E-state index in [4.69, 9.17) is 9.15 Å². The van der Waals surface area contributed by atoms with Gasteiger partial charge in [-0.3, -0.25) is 4.40 Å². The molecule has 12 heteroatoms. The molecular formula is C20H18F3N7O2. The smallest absolute Gasteiger partial charge is 0.417 e. The van der Waals surface area contributed by atoms with Gasteiger partial charge in [-0.1, -0.05) is 0 Å². The Morgan fingerprint density at radius 1 is 1.09 bits per heavy atom. The van der Waals surface area contributed by atoms with Crippen LogP contribution in [0.3, 0.4) is 0 Å². The standard InChI is InChI=1S/C20H18F3N7O2/c1-11-8-29(10-15(31-11)19-28-27-12(2)32-19)17-5-6-24-18(26-17)14-7-25-16-4-3-13(9-30(14)16)20(21,22)23/h3-7,9,11,15H,8,10H2,1-2H3. The zero-order chi connectivity index (χ0) is 22.5. The van der Waals surface area contributed by atoms with E-state index in [0.717, 1.165) is 12.3 Å². The van der Waals surface area contributed by atoms with Crippen LogP contribution in [-0.2, 0) is 10.9 Å². The largest absolute Gasteiger partial charge is 0.423 e. The third-order valence-electron chi connectivity index (χ3n) is 5.10. The lowest BCUT2D eigenvalue weighted by Crippen LogP contribution is -2.43. The highest BCUT2D eigenvalue weighted by Gasteiger charge is 2.32. The molecule has 4 aromatic heterocycles. The highest BCUT2D eigenvalue weighted by atomic mass is 19.4. The first kappa shape index (κ1) is 20.4. The molecule has 0 aromatic carbocycles. The Morgan fingerprint density at radius 3 is 2.69 bits per heavy atom. The second kappa shape index (κ2) is 7.55. The summed E-state index contributed by atoms with van der Waals surface area (Å²) in [4.78, 5) is 15.0. The number of ether oxygens (including phenoxy) is 1. The monoisotopic (exact) mass is 445 g/mol. The second-order valence-electron chi connectivity index (χ2n) is 7.53. The van der Waals surface area contributed by atoms with E-state index in [1.165, 1.54) is 16.7 Å². The molecule has 1 aliphatic heterocycles. The Hall–Kier alpha value is -3.54. The van der Waals surface area contributed by atoms with Gasteiger partial charge in [-0.05, 0) is 25.1 Å². The van der Waals surface area contributed by atoms with Crippen molar-refractivity contribution in [1.82, 2.24) is 29.5 Å².